The molecule has 0 aliphatic heterocycles. The summed E-state index contributed by atoms with van der Waals surface area (Å²) >= 11 is 4.97. The van der Waals surface area contributed by atoms with Gasteiger partial charge in [-0.25, -0.2) is 14.7 Å². The molecule has 0 spiro atoms. The predicted octanol–water partition coefficient (Wildman–Crippen LogP) is 5.18. The number of carbonyl (C=O) groups excluding carboxylic acids is 1. The minimum Gasteiger partial charge on any atom is -0.588 e. The number of nitrogens with zero attached hydrogens (tertiary/aromatic N) is 2. The van der Waals surface area contributed by atoms with Crippen molar-refractivity contribution in [3.05, 3.63) is 71.1 Å². The number of rotatable bonds is 7. The number of benzene rings is 2. The fraction of sp³-hybridized carbons (Fsp3) is 0.150. The number of nitrogens with one attached hydrogen (secondary N) is 2. The highest BCUT2D eigenvalue weighted by atomic mass is 35.5. The van der Waals surface area contributed by atoms with Gasteiger partial charge in [-0.05, 0) is 49.4 Å². The van der Waals surface area contributed by atoms with Crippen molar-refractivity contribution in [1.29, 1.82) is 0 Å². The van der Waals surface area contributed by atoms with Crippen LogP contribution in [-0.4, -0.2) is 27.0 Å². The van der Waals surface area contributed by atoms with Gasteiger partial charge in [0.25, 0.3) is 5.91 Å². The van der Waals surface area contributed by atoms with Crippen LogP contribution in [0.5, 0.6) is 0 Å². The van der Waals surface area contributed by atoms with Crippen molar-refractivity contribution in [2.75, 3.05) is 11.3 Å². The molecule has 2 aromatic carbocycles. The summed E-state index contributed by atoms with van der Waals surface area (Å²) in [6.07, 6.45) is -3.16. The van der Waals surface area contributed by atoms with Crippen LogP contribution in [0, 0.1) is 0 Å². The number of halogens is 4. The number of carbonyl (C=O) groups is 1. The van der Waals surface area contributed by atoms with Crippen LogP contribution in [0.15, 0.2) is 69.5 Å². The lowest BCUT2D eigenvalue weighted by atomic mass is 10.2. The van der Waals surface area contributed by atoms with Crippen LogP contribution in [0.4, 0.5) is 18.9 Å². The quantitative estimate of drug-likeness (QED) is 0.343. The molecule has 168 valence electrons. The minimum atomic E-state index is -4.64. The Balaban J connectivity index is 1.68. The second-order valence-corrected chi connectivity index (χ2v) is 8.93. The van der Waals surface area contributed by atoms with E-state index in [0.29, 0.717) is 17.3 Å². The number of anilines is 1. The lowest BCUT2D eigenvalue weighted by molar-refractivity contribution is -0.137. The van der Waals surface area contributed by atoms with E-state index in [0.717, 1.165) is 17.0 Å². The van der Waals surface area contributed by atoms with Crippen molar-refractivity contribution < 1.29 is 22.5 Å². The number of amides is 1. The zero-order valence-corrected chi connectivity index (χ0v) is 18.8. The Kier molecular flexibility index (Phi) is 7.88. The van der Waals surface area contributed by atoms with Crippen LogP contribution >= 0.6 is 23.4 Å². The van der Waals surface area contributed by atoms with Crippen LogP contribution in [-0.2, 0) is 17.5 Å². The van der Waals surface area contributed by atoms with E-state index in [1.165, 1.54) is 24.0 Å². The van der Waals surface area contributed by atoms with Crippen LogP contribution < -0.4 is 10.0 Å². The van der Waals surface area contributed by atoms with Gasteiger partial charge in [-0.3, -0.25) is 4.79 Å². The van der Waals surface area contributed by atoms with Gasteiger partial charge < -0.3 is 9.87 Å². The zero-order valence-electron chi connectivity index (χ0n) is 16.4. The summed E-state index contributed by atoms with van der Waals surface area (Å²) in [4.78, 5) is 20.7. The summed E-state index contributed by atoms with van der Waals surface area (Å²) in [6, 6.07) is 11.5. The molecule has 3 aromatic rings. The molecule has 0 fully saturated rings. The Morgan fingerprint density at radius 2 is 1.91 bits per heavy atom. The molecule has 0 saturated carbocycles. The molecule has 1 unspecified atom stereocenters. The molecule has 6 nitrogen and oxygen atoms in total. The van der Waals surface area contributed by atoms with Crippen LogP contribution in [0.3, 0.4) is 0 Å². The second-order valence-electron chi connectivity index (χ2n) is 6.21. The van der Waals surface area contributed by atoms with E-state index in [9.17, 15) is 22.5 Å². The normalized spacial score (nSPS) is 12.3. The number of alkyl halides is 3. The molecule has 12 heteroatoms. The smallest absolute Gasteiger partial charge is 0.418 e. The molecule has 1 atom stereocenters. The highest BCUT2D eigenvalue weighted by Crippen LogP contribution is 2.36. The number of aromatic nitrogens is 2. The highest BCUT2D eigenvalue weighted by Gasteiger charge is 2.34. The summed E-state index contributed by atoms with van der Waals surface area (Å²) in [7, 11) is 0. The van der Waals surface area contributed by atoms with Crippen molar-refractivity contribution in [2.45, 2.75) is 27.9 Å². The molecule has 0 bridgehead atoms. The van der Waals surface area contributed by atoms with Crippen molar-refractivity contribution >= 4 is 46.3 Å². The Morgan fingerprint density at radius 1 is 1.19 bits per heavy atom. The maximum absolute atomic E-state index is 13.0. The SMILES string of the molecule is CCNC(=O)c1nccc(Sc2ccc(N[S+]([O-])c3ccc(Cl)c(C(F)(F)F)c3)cc2)n1. The monoisotopic (exact) mass is 500 g/mol. The van der Waals surface area contributed by atoms with Crippen LogP contribution in [0.25, 0.3) is 0 Å². The van der Waals surface area contributed by atoms with Gasteiger partial charge in [0.15, 0.2) is 4.90 Å². The lowest BCUT2D eigenvalue weighted by Gasteiger charge is -2.14. The molecular formula is C20H16ClF3N4O2S2. The number of hydrogen-bond acceptors (Lipinski definition) is 6. The van der Waals surface area contributed by atoms with Gasteiger partial charge in [0, 0.05) is 23.7 Å². The van der Waals surface area contributed by atoms with Gasteiger partial charge in [0.05, 0.1) is 16.3 Å². The average molecular weight is 501 g/mol. The molecule has 3 rings (SSSR count). The molecule has 0 saturated heterocycles. The van der Waals surface area contributed by atoms with Crippen LogP contribution in [0.1, 0.15) is 23.1 Å². The largest absolute Gasteiger partial charge is 0.588 e. The third kappa shape index (κ3) is 6.28. The van der Waals surface area contributed by atoms with Gasteiger partial charge in [-0.15, -0.1) is 0 Å². The van der Waals surface area contributed by atoms with Gasteiger partial charge in [0.2, 0.25) is 5.82 Å². The molecule has 2 N–H and O–H groups in total. The highest BCUT2D eigenvalue weighted by molar-refractivity contribution is 7.99. The van der Waals surface area contributed by atoms with E-state index in [1.54, 1.807) is 37.3 Å². The molecular weight excluding hydrogens is 485 g/mol. The van der Waals surface area contributed by atoms with Crippen molar-refractivity contribution in [2.24, 2.45) is 0 Å². The molecule has 0 aliphatic carbocycles. The molecule has 32 heavy (non-hydrogen) atoms. The Bertz CT molecular complexity index is 1100. The van der Waals surface area contributed by atoms with Crippen LogP contribution in [0.2, 0.25) is 5.02 Å². The van der Waals surface area contributed by atoms with Gasteiger partial charge >= 0.3 is 6.18 Å². The third-order valence-electron chi connectivity index (χ3n) is 3.92. The predicted molar refractivity (Wildman–Crippen MR) is 117 cm³/mol. The first-order chi connectivity index (χ1) is 15.2. The van der Waals surface area contributed by atoms with E-state index in [1.807, 2.05) is 0 Å². The average Bonchev–Trinajstić information content (AvgIpc) is 2.75. The van der Waals surface area contributed by atoms with Crippen molar-refractivity contribution in [3.8, 4) is 0 Å². The van der Waals surface area contributed by atoms with E-state index in [-0.39, 0.29) is 16.6 Å². The Morgan fingerprint density at radius 3 is 2.56 bits per heavy atom. The Hall–Kier alpha value is -2.47. The van der Waals surface area contributed by atoms with Crippen molar-refractivity contribution in [3.63, 3.8) is 0 Å². The third-order valence-corrected chi connectivity index (χ3v) is 6.29. The number of hydrogen-bond donors (Lipinski definition) is 2. The van der Waals surface area contributed by atoms with E-state index in [2.05, 4.69) is 20.0 Å². The Labute approximate surface area is 194 Å². The van der Waals surface area contributed by atoms with Gasteiger partial charge in [-0.1, -0.05) is 23.4 Å². The standard InChI is InChI=1S/C20H16ClF3N4O2S2/c1-2-25-19(29)18-26-10-9-17(27-18)31-13-5-3-12(4-6-13)28-32(30)14-7-8-16(21)15(11-14)20(22,23)24/h3-11,28H,2H2,1H3,(H,25,29). The van der Waals surface area contributed by atoms with E-state index in [4.69, 9.17) is 11.6 Å². The maximum Gasteiger partial charge on any atom is 0.418 e. The fourth-order valence-corrected chi connectivity index (χ4v) is 4.35. The summed E-state index contributed by atoms with van der Waals surface area (Å²) in [5.41, 5.74) is -0.600. The van der Waals surface area contributed by atoms with Gasteiger partial charge in [0.1, 0.15) is 16.4 Å². The zero-order chi connectivity index (χ0) is 23.3. The summed E-state index contributed by atoms with van der Waals surface area (Å²) in [5.74, 6) is -0.306. The summed E-state index contributed by atoms with van der Waals surface area (Å²) in [5, 5.41) is 2.73. The first kappa shape index (κ1) is 24.2. The molecule has 1 amide bonds. The van der Waals surface area contributed by atoms with E-state index >= 15 is 0 Å². The molecule has 1 heterocycles. The van der Waals surface area contributed by atoms with Gasteiger partial charge in [-0.2, -0.15) is 13.2 Å². The second kappa shape index (κ2) is 10.4. The first-order valence-corrected chi connectivity index (χ1v) is 11.5. The maximum atomic E-state index is 13.0. The lowest BCUT2D eigenvalue weighted by Crippen LogP contribution is -2.24. The van der Waals surface area contributed by atoms with Crippen molar-refractivity contribution in [1.82, 2.24) is 15.3 Å². The van der Waals surface area contributed by atoms with E-state index < -0.39 is 28.1 Å². The fourth-order valence-electron chi connectivity index (χ4n) is 2.46. The molecule has 1 aromatic heterocycles. The summed E-state index contributed by atoms with van der Waals surface area (Å²) in [6.45, 7) is 2.25. The molecule has 0 radical (unpaired) electrons. The first-order valence-electron chi connectivity index (χ1n) is 9.11. The summed E-state index contributed by atoms with van der Waals surface area (Å²) < 4.78 is 54.2. The molecule has 0 aliphatic rings. The minimum absolute atomic E-state index is 0.0564. The topological polar surface area (TPSA) is 90.0 Å².